The van der Waals surface area contributed by atoms with Gasteiger partial charge < -0.3 is 10.1 Å². The van der Waals surface area contributed by atoms with E-state index in [1.54, 1.807) is 24.3 Å². The second kappa shape index (κ2) is 10.8. The molecule has 3 unspecified atom stereocenters. The average Bonchev–Trinajstić information content (AvgIpc) is 2.85. The normalized spacial score (nSPS) is 21.8. The Labute approximate surface area is 203 Å². The van der Waals surface area contributed by atoms with Gasteiger partial charge in [0.25, 0.3) is 0 Å². The molecular weight excluding hydrogens is 457 g/mol. The number of hydrogen-bond acceptors (Lipinski definition) is 5. The third-order valence-corrected chi connectivity index (χ3v) is 6.68. The third kappa shape index (κ3) is 6.40. The fraction of sp³-hybridized carbons (Fsp3) is 0.462. The van der Waals surface area contributed by atoms with Crippen molar-refractivity contribution in [3.8, 4) is 6.07 Å². The predicted octanol–water partition coefficient (Wildman–Crippen LogP) is 3.21. The zero-order valence-corrected chi connectivity index (χ0v) is 19.6. The summed E-state index contributed by atoms with van der Waals surface area (Å²) in [5.74, 6) is -0.0741. The van der Waals surface area contributed by atoms with Crippen LogP contribution in [0.25, 0.3) is 0 Å². The lowest BCUT2D eigenvalue weighted by Gasteiger charge is -2.47. The van der Waals surface area contributed by atoms with Gasteiger partial charge in [-0.2, -0.15) is 18.4 Å². The highest BCUT2D eigenvalue weighted by atomic mass is 19.4. The summed E-state index contributed by atoms with van der Waals surface area (Å²) in [5, 5.41) is 11.8. The van der Waals surface area contributed by atoms with E-state index in [1.807, 2.05) is 19.1 Å². The van der Waals surface area contributed by atoms with Crippen molar-refractivity contribution in [3.05, 3.63) is 70.8 Å². The van der Waals surface area contributed by atoms with Crippen LogP contribution in [0.4, 0.5) is 13.2 Å². The van der Waals surface area contributed by atoms with Crippen LogP contribution >= 0.6 is 0 Å². The van der Waals surface area contributed by atoms with Crippen LogP contribution in [0.15, 0.2) is 48.5 Å². The van der Waals surface area contributed by atoms with E-state index in [9.17, 15) is 18.0 Å². The Kier molecular flexibility index (Phi) is 7.75. The fourth-order valence-corrected chi connectivity index (χ4v) is 4.80. The minimum Gasteiger partial charge on any atom is -0.370 e. The zero-order chi connectivity index (χ0) is 25.0. The number of hydrogen-bond donors (Lipinski definition) is 1. The SMILES string of the molecule is CC(C(=O)NCc1ccc(C#N)cc1)N1CC2CN(CCc3ccccc3C(F)(F)F)CC(C1)O2. The number of carbonyl (C=O) groups excluding carboxylic acids is 1. The van der Waals surface area contributed by atoms with Crippen molar-refractivity contribution in [3.63, 3.8) is 0 Å². The van der Waals surface area contributed by atoms with Crippen LogP contribution in [0.3, 0.4) is 0 Å². The summed E-state index contributed by atoms with van der Waals surface area (Å²) in [6.45, 7) is 5.24. The number of morpholine rings is 2. The second-order valence-corrected chi connectivity index (χ2v) is 9.20. The topological polar surface area (TPSA) is 68.6 Å². The van der Waals surface area contributed by atoms with E-state index in [-0.39, 0.29) is 24.2 Å². The Hall–Kier alpha value is -2.93. The summed E-state index contributed by atoms with van der Waals surface area (Å²) in [6, 6.07) is 14.6. The van der Waals surface area contributed by atoms with Crippen LogP contribution in [0.5, 0.6) is 0 Å². The quantitative estimate of drug-likeness (QED) is 0.651. The molecule has 0 saturated carbocycles. The number of nitrogens with one attached hydrogen (secondary N) is 1. The molecule has 2 aromatic carbocycles. The molecule has 2 aliphatic rings. The summed E-state index contributed by atoms with van der Waals surface area (Å²) in [7, 11) is 0. The molecule has 35 heavy (non-hydrogen) atoms. The van der Waals surface area contributed by atoms with E-state index in [2.05, 4.69) is 21.2 Å². The Morgan fingerprint density at radius 2 is 1.77 bits per heavy atom. The van der Waals surface area contributed by atoms with Crippen molar-refractivity contribution in [2.45, 2.75) is 44.3 Å². The summed E-state index contributed by atoms with van der Waals surface area (Å²) in [5.41, 5.74) is 1.24. The van der Waals surface area contributed by atoms with Gasteiger partial charge >= 0.3 is 6.18 Å². The van der Waals surface area contributed by atoms with Gasteiger partial charge in [-0.15, -0.1) is 0 Å². The second-order valence-electron chi connectivity index (χ2n) is 9.20. The van der Waals surface area contributed by atoms with Gasteiger partial charge in [0.1, 0.15) is 0 Å². The molecule has 1 amide bonds. The number of nitriles is 1. The first-order valence-corrected chi connectivity index (χ1v) is 11.8. The monoisotopic (exact) mass is 486 g/mol. The number of halogens is 3. The Morgan fingerprint density at radius 1 is 1.11 bits per heavy atom. The molecule has 0 spiro atoms. The van der Waals surface area contributed by atoms with Crippen molar-refractivity contribution < 1.29 is 22.7 Å². The molecule has 2 aromatic rings. The van der Waals surface area contributed by atoms with E-state index >= 15 is 0 Å². The van der Waals surface area contributed by atoms with E-state index in [4.69, 9.17) is 10.00 Å². The van der Waals surface area contributed by atoms with E-state index in [1.165, 1.54) is 6.07 Å². The number of fused-ring (bicyclic) bond motifs is 2. The maximum Gasteiger partial charge on any atom is 0.416 e. The van der Waals surface area contributed by atoms with Crippen molar-refractivity contribution in [2.24, 2.45) is 0 Å². The first-order chi connectivity index (χ1) is 16.7. The van der Waals surface area contributed by atoms with Crippen LogP contribution in [0, 0.1) is 11.3 Å². The van der Waals surface area contributed by atoms with Crippen LogP contribution in [0.2, 0.25) is 0 Å². The molecule has 2 heterocycles. The number of ether oxygens (including phenoxy) is 1. The van der Waals surface area contributed by atoms with E-state index in [0.29, 0.717) is 56.8 Å². The Bertz CT molecular complexity index is 1050. The largest absolute Gasteiger partial charge is 0.416 e. The molecule has 186 valence electrons. The highest BCUT2D eigenvalue weighted by Gasteiger charge is 2.38. The van der Waals surface area contributed by atoms with Crippen LogP contribution in [0.1, 0.15) is 29.2 Å². The Morgan fingerprint density at radius 3 is 2.40 bits per heavy atom. The van der Waals surface area contributed by atoms with E-state index in [0.717, 1.165) is 11.6 Å². The first-order valence-electron chi connectivity index (χ1n) is 11.8. The van der Waals surface area contributed by atoms with Crippen LogP contribution in [-0.2, 0) is 28.7 Å². The van der Waals surface area contributed by atoms with Gasteiger partial charge in [0.05, 0.1) is 35.4 Å². The standard InChI is InChI=1S/C26H29F3N4O2/c1-18(25(34)31-13-20-8-6-19(12-30)7-9-20)33-16-22-14-32(15-23(17-33)35-22)11-10-21-4-2-3-5-24(21)26(27,28)29/h2-9,18,22-23H,10-11,13-17H2,1H3,(H,31,34). The van der Waals surface area contributed by atoms with Crippen molar-refractivity contribution >= 4 is 5.91 Å². The summed E-state index contributed by atoms with van der Waals surface area (Å²) < 4.78 is 45.9. The van der Waals surface area contributed by atoms with Gasteiger partial charge in [0, 0.05) is 39.3 Å². The number of amides is 1. The summed E-state index contributed by atoms with van der Waals surface area (Å²) in [6.07, 6.45) is -4.20. The van der Waals surface area contributed by atoms with Crippen molar-refractivity contribution in [2.75, 3.05) is 32.7 Å². The number of alkyl halides is 3. The molecule has 0 aromatic heterocycles. The van der Waals surface area contributed by atoms with Crippen molar-refractivity contribution in [1.29, 1.82) is 5.26 Å². The van der Waals surface area contributed by atoms with Crippen LogP contribution < -0.4 is 5.32 Å². The van der Waals surface area contributed by atoms with Gasteiger partial charge in [-0.1, -0.05) is 30.3 Å². The third-order valence-electron chi connectivity index (χ3n) is 6.68. The molecule has 2 aliphatic heterocycles. The number of carbonyl (C=O) groups is 1. The lowest BCUT2D eigenvalue weighted by molar-refractivity contribution is -0.153. The summed E-state index contributed by atoms with van der Waals surface area (Å²) in [4.78, 5) is 17.0. The highest BCUT2D eigenvalue weighted by Crippen LogP contribution is 2.32. The van der Waals surface area contributed by atoms with Crippen LogP contribution in [-0.4, -0.2) is 66.7 Å². The fourth-order valence-electron chi connectivity index (χ4n) is 4.80. The molecule has 4 rings (SSSR count). The smallest absolute Gasteiger partial charge is 0.370 e. The molecule has 0 aliphatic carbocycles. The number of rotatable bonds is 7. The first kappa shape index (κ1) is 25.2. The van der Waals surface area contributed by atoms with Gasteiger partial charge in [-0.3, -0.25) is 14.6 Å². The number of benzene rings is 2. The van der Waals surface area contributed by atoms with Gasteiger partial charge in [-0.05, 0) is 42.7 Å². The lowest BCUT2D eigenvalue weighted by atomic mass is 10.0. The maximum absolute atomic E-state index is 13.3. The summed E-state index contributed by atoms with van der Waals surface area (Å²) >= 11 is 0. The zero-order valence-electron chi connectivity index (χ0n) is 19.6. The number of nitrogens with zero attached hydrogens (tertiary/aromatic N) is 3. The van der Waals surface area contributed by atoms with Gasteiger partial charge in [-0.25, -0.2) is 0 Å². The molecule has 2 saturated heterocycles. The highest BCUT2D eigenvalue weighted by molar-refractivity contribution is 5.81. The maximum atomic E-state index is 13.3. The Balaban J connectivity index is 1.27. The van der Waals surface area contributed by atoms with Gasteiger partial charge in [0.2, 0.25) is 5.91 Å². The average molecular weight is 487 g/mol. The van der Waals surface area contributed by atoms with Gasteiger partial charge in [0.15, 0.2) is 0 Å². The minimum atomic E-state index is -4.35. The molecule has 6 nitrogen and oxygen atoms in total. The molecule has 0 radical (unpaired) electrons. The molecular formula is C26H29F3N4O2. The molecule has 3 atom stereocenters. The van der Waals surface area contributed by atoms with E-state index < -0.39 is 11.7 Å². The lowest BCUT2D eigenvalue weighted by Crippen LogP contribution is -2.62. The molecule has 9 heteroatoms. The molecule has 2 fully saturated rings. The minimum absolute atomic E-state index is 0.0741. The predicted molar refractivity (Wildman–Crippen MR) is 124 cm³/mol. The molecule has 1 N–H and O–H groups in total. The van der Waals surface area contributed by atoms with Crippen molar-refractivity contribution in [1.82, 2.24) is 15.1 Å². The molecule has 2 bridgehead atoms.